The van der Waals surface area contributed by atoms with Crippen LogP contribution in [0.5, 0.6) is 11.5 Å². The van der Waals surface area contributed by atoms with Gasteiger partial charge >= 0.3 is 0 Å². The van der Waals surface area contributed by atoms with E-state index in [1.807, 2.05) is 41.2 Å². The number of benzene rings is 2. The van der Waals surface area contributed by atoms with Gasteiger partial charge in [-0.2, -0.15) is 0 Å². The lowest BCUT2D eigenvalue weighted by molar-refractivity contribution is -0.945. The van der Waals surface area contributed by atoms with Crippen LogP contribution in [0.1, 0.15) is 12.8 Å². The fourth-order valence-corrected chi connectivity index (χ4v) is 6.50. The zero-order valence-corrected chi connectivity index (χ0v) is 21.3. The van der Waals surface area contributed by atoms with Crippen LogP contribution in [0.4, 0.5) is 5.69 Å². The van der Waals surface area contributed by atoms with E-state index in [0.717, 1.165) is 81.3 Å². The number of aromatic nitrogens is 3. The fraction of sp³-hybridized carbons (Fsp3) is 0.464. The number of piperidine rings is 3. The average Bonchev–Trinajstić information content (AvgIpc) is 3.41. The summed E-state index contributed by atoms with van der Waals surface area (Å²) in [5, 5.41) is 18.4. The minimum absolute atomic E-state index is 0.122. The number of fused-ring (bicyclic) bond motifs is 3. The highest BCUT2D eigenvalue weighted by atomic mass is 16.5. The van der Waals surface area contributed by atoms with Crippen molar-refractivity contribution in [1.82, 2.24) is 19.9 Å². The van der Waals surface area contributed by atoms with Crippen LogP contribution in [-0.2, 0) is 11.3 Å². The van der Waals surface area contributed by atoms with Gasteiger partial charge in [-0.05, 0) is 30.2 Å². The van der Waals surface area contributed by atoms with E-state index < -0.39 is 0 Å². The van der Waals surface area contributed by atoms with Gasteiger partial charge in [-0.1, -0.05) is 29.5 Å². The van der Waals surface area contributed by atoms with Gasteiger partial charge in [0.2, 0.25) is 5.91 Å². The van der Waals surface area contributed by atoms with Crippen LogP contribution < -0.4 is 14.5 Å². The maximum absolute atomic E-state index is 13.6. The highest BCUT2D eigenvalue weighted by molar-refractivity contribution is 5.80. The second-order valence-corrected chi connectivity index (χ2v) is 10.6. The van der Waals surface area contributed by atoms with Crippen LogP contribution in [0.3, 0.4) is 0 Å². The van der Waals surface area contributed by atoms with Crippen LogP contribution in [0.25, 0.3) is 11.3 Å². The number of hydrogen-bond donors (Lipinski definition) is 2. The van der Waals surface area contributed by atoms with Gasteiger partial charge < -0.3 is 24.5 Å². The summed E-state index contributed by atoms with van der Waals surface area (Å²) in [6.07, 6.45) is 4.13. The average molecular weight is 504 g/mol. The lowest BCUT2D eigenvalue weighted by Gasteiger charge is -2.47. The van der Waals surface area contributed by atoms with Crippen LogP contribution in [0, 0.1) is 11.8 Å². The number of para-hydroxylation sites is 2. The third kappa shape index (κ3) is 4.75. The first-order valence-electron chi connectivity index (χ1n) is 13.3. The van der Waals surface area contributed by atoms with Gasteiger partial charge in [-0.25, -0.2) is 4.68 Å². The van der Waals surface area contributed by atoms with E-state index in [1.54, 1.807) is 19.2 Å². The Balaban J connectivity index is 1.05. The lowest BCUT2D eigenvalue weighted by Crippen LogP contribution is -3.20. The smallest absolute Gasteiger partial charge is 0.231 e. The second kappa shape index (κ2) is 10.0. The number of carbonyl (C=O) groups excluding carboxylic acids is 1. The maximum atomic E-state index is 13.6. The number of piperazine rings is 1. The molecule has 0 saturated carbocycles. The SMILES string of the molecule is COc1ccccc1N1CCN(C(=O)[C@H]2C[NH+]3CC[C@H]2C[C@@H]3Cn2cc(-c3cccc(O)c3)nn2)CC1. The third-order valence-corrected chi connectivity index (χ3v) is 8.47. The number of amides is 1. The van der Waals surface area contributed by atoms with Gasteiger partial charge in [-0.15, -0.1) is 5.10 Å². The molecule has 4 saturated heterocycles. The first-order chi connectivity index (χ1) is 18.1. The number of aromatic hydroxyl groups is 1. The molecular formula is C28H35N6O3+. The fourth-order valence-electron chi connectivity index (χ4n) is 6.50. The normalized spacial score (nSPS) is 25.3. The number of ether oxygens (including phenoxy) is 1. The molecule has 1 amide bonds. The highest BCUT2D eigenvalue weighted by Gasteiger charge is 2.48. The molecule has 0 spiro atoms. The molecule has 9 nitrogen and oxygen atoms in total. The molecule has 0 aliphatic carbocycles. The Hall–Kier alpha value is -3.59. The summed E-state index contributed by atoms with van der Waals surface area (Å²) < 4.78 is 7.46. The Morgan fingerprint density at radius 1 is 1.14 bits per heavy atom. The number of hydrogen-bond acceptors (Lipinski definition) is 6. The van der Waals surface area contributed by atoms with Crippen LogP contribution in [0.2, 0.25) is 0 Å². The zero-order valence-electron chi connectivity index (χ0n) is 21.3. The molecule has 5 heterocycles. The van der Waals surface area contributed by atoms with Crippen molar-refractivity contribution in [3.63, 3.8) is 0 Å². The number of quaternary nitrogens is 1. The second-order valence-electron chi connectivity index (χ2n) is 10.6. The minimum Gasteiger partial charge on any atom is -0.508 e. The van der Waals surface area contributed by atoms with E-state index in [1.165, 1.54) is 4.90 Å². The summed E-state index contributed by atoms with van der Waals surface area (Å²) in [5.74, 6) is 2.01. The number of rotatable bonds is 6. The van der Waals surface area contributed by atoms with E-state index >= 15 is 0 Å². The molecule has 7 rings (SSSR count). The number of carbonyl (C=O) groups is 1. The summed E-state index contributed by atoms with van der Waals surface area (Å²) in [6.45, 7) is 6.01. The monoisotopic (exact) mass is 503 g/mol. The Labute approximate surface area is 217 Å². The first-order valence-corrected chi connectivity index (χ1v) is 13.3. The predicted molar refractivity (Wildman–Crippen MR) is 140 cm³/mol. The number of phenols is 1. The quantitative estimate of drug-likeness (QED) is 0.527. The first kappa shape index (κ1) is 23.8. The topological polar surface area (TPSA) is 88.2 Å². The Morgan fingerprint density at radius 2 is 1.97 bits per heavy atom. The van der Waals surface area contributed by atoms with Crippen molar-refractivity contribution in [2.45, 2.75) is 25.4 Å². The number of methoxy groups -OCH3 is 1. The molecular weight excluding hydrogens is 468 g/mol. The van der Waals surface area contributed by atoms with Crippen LogP contribution >= 0.6 is 0 Å². The van der Waals surface area contributed by atoms with E-state index in [9.17, 15) is 9.90 Å². The van der Waals surface area contributed by atoms with E-state index in [0.29, 0.717) is 17.9 Å². The standard InChI is InChI=1S/C28H34N6O3/c1-37-27-8-3-2-7-26(27)31-11-13-32(14-12-31)28(36)24-18-33-10-9-20(24)15-22(33)17-34-19-25(29-30-34)21-5-4-6-23(35)16-21/h2-8,16,19-20,22,24,35H,9-15,17-18H2,1H3/p+1/t20-,22+,24-/m0/s1. The molecule has 1 aromatic heterocycles. The Morgan fingerprint density at radius 3 is 2.73 bits per heavy atom. The van der Waals surface area contributed by atoms with Crippen molar-refractivity contribution in [3.05, 3.63) is 54.7 Å². The summed E-state index contributed by atoms with van der Waals surface area (Å²) in [6, 6.07) is 15.7. The van der Waals surface area contributed by atoms with Crippen molar-refractivity contribution >= 4 is 11.6 Å². The molecule has 2 N–H and O–H groups in total. The lowest BCUT2D eigenvalue weighted by atomic mass is 9.75. The van der Waals surface area contributed by atoms with Gasteiger partial charge in [0, 0.05) is 44.6 Å². The number of nitrogens with zero attached hydrogens (tertiary/aromatic N) is 5. The van der Waals surface area contributed by atoms with E-state index in [4.69, 9.17) is 4.74 Å². The molecule has 4 aliphatic rings. The minimum atomic E-state index is 0.122. The molecule has 4 aliphatic heterocycles. The largest absolute Gasteiger partial charge is 0.508 e. The van der Waals surface area contributed by atoms with Crippen LogP contribution in [0.15, 0.2) is 54.7 Å². The van der Waals surface area contributed by atoms with E-state index in [-0.39, 0.29) is 11.7 Å². The van der Waals surface area contributed by atoms with Gasteiger partial charge in [0.15, 0.2) is 0 Å². The Kier molecular flexibility index (Phi) is 6.46. The number of anilines is 1. The van der Waals surface area contributed by atoms with Gasteiger partial charge in [-0.3, -0.25) is 4.79 Å². The van der Waals surface area contributed by atoms with E-state index in [2.05, 4.69) is 26.2 Å². The molecule has 0 radical (unpaired) electrons. The zero-order chi connectivity index (χ0) is 25.4. The van der Waals surface area contributed by atoms with Gasteiger partial charge in [0.1, 0.15) is 23.2 Å². The van der Waals surface area contributed by atoms with Crippen molar-refractivity contribution in [3.8, 4) is 22.8 Å². The molecule has 3 aromatic rings. The molecule has 4 atom stereocenters. The third-order valence-electron chi connectivity index (χ3n) is 8.47. The summed E-state index contributed by atoms with van der Waals surface area (Å²) in [4.78, 5) is 19.5. The summed E-state index contributed by atoms with van der Waals surface area (Å²) >= 11 is 0. The van der Waals surface area contributed by atoms with Gasteiger partial charge in [0.05, 0.1) is 44.5 Å². The number of phenolic OH excluding ortho intramolecular Hbond substituents is 1. The van der Waals surface area contributed by atoms with Crippen molar-refractivity contribution < 1.29 is 19.5 Å². The molecule has 2 bridgehead atoms. The molecule has 2 aromatic carbocycles. The van der Waals surface area contributed by atoms with Crippen molar-refractivity contribution in [2.24, 2.45) is 11.8 Å². The molecule has 1 unspecified atom stereocenters. The molecule has 194 valence electrons. The summed E-state index contributed by atoms with van der Waals surface area (Å²) in [5.41, 5.74) is 2.73. The summed E-state index contributed by atoms with van der Waals surface area (Å²) in [7, 11) is 1.71. The molecule has 9 heteroatoms. The number of nitrogens with one attached hydrogen (secondary N) is 1. The van der Waals surface area contributed by atoms with Crippen molar-refractivity contribution in [2.75, 3.05) is 51.3 Å². The van der Waals surface area contributed by atoms with Crippen molar-refractivity contribution in [1.29, 1.82) is 0 Å². The molecule has 37 heavy (non-hydrogen) atoms. The predicted octanol–water partition coefficient (Wildman–Crippen LogP) is 1.30. The van der Waals surface area contributed by atoms with Gasteiger partial charge in [0.25, 0.3) is 0 Å². The highest BCUT2D eigenvalue weighted by Crippen LogP contribution is 2.31. The maximum Gasteiger partial charge on any atom is 0.231 e. The Bertz CT molecular complexity index is 1250. The molecule has 4 fully saturated rings. The van der Waals surface area contributed by atoms with Crippen LogP contribution in [-0.4, -0.2) is 83.3 Å².